The molecule has 27 heavy (non-hydrogen) atoms. The molecule has 1 aliphatic carbocycles. The van der Waals surface area contributed by atoms with Crippen LogP contribution >= 0.6 is 0 Å². The molecule has 4 nitrogen and oxygen atoms in total. The van der Waals surface area contributed by atoms with Crippen LogP contribution in [0.4, 0.5) is 39.5 Å². The van der Waals surface area contributed by atoms with Crippen molar-refractivity contribution in [2.45, 2.75) is 49.5 Å². The third-order valence-electron chi connectivity index (χ3n) is 3.94. The Balaban J connectivity index is 3.15. The van der Waals surface area contributed by atoms with Crippen LogP contribution in [0.15, 0.2) is 11.8 Å². The summed E-state index contributed by atoms with van der Waals surface area (Å²) in [7, 11) is -5.52. The van der Waals surface area contributed by atoms with E-state index >= 15 is 0 Å². The van der Waals surface area contributed by atoms with Gasteiger partial charge in [0, 0.05) is 13.5 Å². The van der Waals surface area contributed by atoms with Crippen LogP contribution in [0.25, 0.3) is 0 Å². The number of allylic oxidation sites excluding steroid dienone is 2. The highest BCUT2D eigenvalue weighted by molar-refractivity contribution is 7.88. The van der Waals surface area contributed by atoms with Crippen molar-refractivity contribution in [2.24, 2.45) is 5.41 Å². The van der Waals surface area contributed by atoms with E-state index in [1.54, 1.807) is 6.92 Å². The highest BCUT2D eigenvalue weighted by atomic mass is 32.2. The SMILES string of the molecule is COC[C@]1(C)CC=C(OS(=O)(=O)C(F)(F)C(F)(F)C(F)(F)C(F)(F)F)CC1. The van der Waals surface area contributed by atoms with E-state index in [-0.39, 0.29) is 25.9 Å². The monoisotopic (exact) mass is 438 g/mol. The largest absolute Gasteiger partial charge is 0.460 e. The maximum absolute atomic E-state index is 13.5. The van der Waals surface area contributed by atoms with Crippen LogP contribution in [-0.4, -0.2) is 45.4 Å². The summed E-state index contributed by atoms with van der Waals surface area (Å²) in [4.78, 5) is 0. The van der Waals surface area contributed by atoms with Gasteiger partial charge in [0.2, 0.25) is 0 Å². The average molecular weight is 438 g/mol. The van der Waals surface area contributed by atoms with Gasteiger partial charge in [0.15, 0.2) is 0 Å². The first-order valence-corrected chi connectivity index (χ1v) is 8.58. The van der Waals surface area contributed by atoms with Crippen LogP contribution in [0.2, 0.25) is 0 Å². The lowest BCUT2D eigenvalue weighted by Crippen LogP contribution is -2.63. The Morgan fingerprint density at radius 2 is 1.56 bits per heavy atom. The van der Waals surface area contributed by atoms with Gasteiger partial charge in [-0.25, -0.2) is 0 Å². The number of methoxy groups -OCH3 is 1. The second-order valence-electron chi connectivity index (χ2n) is 6.32. The molecule has 0 aliphatic heterocycles. The number of hydrogen-bond acceptors (Lipinski definition) is 4. The molecule has 14 heteroatoms. The first kappa shape index (κ1) is 23.9. The Hall–Kier alpha value is -1.18. The van der Waals surface area contributed by atoms with Crippen LogP contribution in [0.5, 0.6) is 0 Å². The second-order valence-corrected chi connectivity index (χ2v) is 7.91. The van der Waals surface area contributed by atoms with Crippen LogP contribution in [0.1, 0.15) is 26.2 Å². The molecule has 0 amide bonds. The van der Waals surface area contributed by atoms with E-state index in [0.29, 0.717) is 0 Å². The van der Waals surface area contributed by atoms with Crippen LogP contribution in [0.3, 0.4) is 0 Å². The zero-order chi connectivity index (χ0) is 21.5. The van der Waals surface area contributed by atoms with E-state index in [4.69, 9.17) is 4.74 Å². The van der Waals surface area contributed by atoms with Gasteiger partial charge in [-0.2, -0.15) is 47.9 Å². The topological polar surface area (TPSA) is 52.6 Å². The molecule has 0 N–H and O–H groups in total. The van der Waals surface area contributed by atoms with Crippen molar-refractivity contribution in [1.82, 2.24) is 0 Å². The smallest absolute Gasteiger partial charge is 0.384 e. The minimum absolute atomic E-state index is 0.00632. The third kappa shape index (κ3) is 4.15. The van der Waals surface area contributed by atoms with E-state index in [0.717, 1.165) is 6.08 Å². The van der Waals surface area contributed by atoms with Crippen molar-refractivity contribution in [3.05, 3.63) is 11.8 Å². The molecular formula is C13H15F9O4S. The molecule has 160 valence electrons. The number of alkyl halides is 9. The van der Waals surface area contributed by atoms with Gasteiger partial charge in [0.1, 0.15) is 5.76 Å². The van der Waals surface area contributed by atoms with Gasteiger partial charge in [-0.05, 0) is 24.3 Å². The van der Waals surface area contributed by atoms with Crippen molar-refractivity contribution >= 4 is 10.1 Å². The van der Waals surface area contributed by atoms with Gasteiger partial charge in [-0.15, -0.1) is 0 Å². The molecule has 0 unspecified atom stereocenters. The molecule has 0 aromatic carbocycles. The highest BCUT2D eigenvalue weighted by Crippen LogP contribution is 2.55. The molecule has 0 fully saturated rings. The Labute approximate surface area is 148 Å². The number of hydrogen-bond donors (Lipinski definition) is 0. The molecule has 0 spiro atoms. The summed E-state index contributed by atoms with van der Waals surface area (Å²) < 4.78 is 147. The maximum atomic E-state index is 13.5. The number of rotatable bonds is 7. The molecule has 1 rings (SSSR count). The first-order valence-electron chi connectivity index (χ1n) is 7.17. The van der Waals surface area contributed by atoms with Crippen molar-refractivity contribution in [3.63, 3.8) is 0 Å². The Kier molecular flexibility index (Phi) is 6.19. The zero-order valence-corrected chi connectivity index (χ0v) is 14.7. The first-order chi connectivity index (χ1) is 11.8. The molecule has 0 bridgehead atoms. The summed E-state index contributed by atoms with van der Waals surface area (Å²) in [6.45, 7) is 1.85. The Morgan fingerprint density at radius 3 is 1.93 bits per heavy atom. The van der Waals surface area contributed by atoms with Gasteiger partial charge in [-0.1, -0.05) is 6.92 Å². The summed E-state index contributed by atoms with van der Waals surface area (Å²) in [5.41, 5.74) is -0.554. The van der Waals surface area contributed by atoms with Crippen molar-refractivity contribution < 1.29 is 56.9 Å². The fourth-order valence-electron chi connectivity index (χ4n) is 2.26. The maximum Gasteiger partial charge on any atom is 0.460 e. The van der Waals surface area contributed by atoms with Gasteiger partial charge in [0.25, 0.3) is 0 Å². The molecule has 0 heterocycles. The van der Waals surface area contributed by atoms with E-state index in [2.05, 4.69) is 4.18 Å². The molecule has 0 aromatic rings. The lowest BCUT2D eigenvalue weighted by Gasteiger charge is -2.34. The summed E-state index contributed by atoms with van der Waals surface area (Å²) in [5.74, 6) is -15.4. The Morgan fingerprint density at radius 1 is 1.04 bits per heavy atom. The molecule has 0 saturated heterocycles. The second kappa shape index (κ2) is 7.01. The fraction of sp³-hybridized carbons (Fsp3) is 0.846. The van der Waals surface area contributed by atoms with Crippen LogP contribution in [0, 0.1) is 5.41 Å². The molecular weight excluding hydrogens is 423 g/mol. The van der Waals surface area contributed by atoms with E-state index in [9.17, 15) is 47.9 Å². The molecule has 0 radical (unpaired) electrons. The third-order valence-corrected chi connectivity index (χ3v) is 5.25. The summed E-state index contributed by atoms with van der Waals surface area (Å²) in [5, 5.41) is -6.85. The zero-order valence-electron chi connectivity index (χ0n) is 13.8. The van der Waals surface area contributed by atoms with Crippen molar-refractivity contribution in [3.8, 4) is 0 Å². The van der Waals surface area contributed by atoms with Crippen molar-refractivity contribution in [2.75, 3.05) is 13.7 Å². The number of halogens is 9. The van der Waals surface area contributed by atoms with Gasteiger partial charge >= 0.3 is 33.4 Å². The lowest BCUT2D eigenvalue weighted by atomic mass is 9.79. The normalized spacial score (nSPS) is 23.1. The average Bonchev–Trinajstić information content (AvgIpc) is 2.48. The fourth-order valence-corrected chi connectivity index (χ4v) is 3.24. The quantitative estimate of drug-likeness (QED) is 0.435. The molecule has 0 saturated carbocycles. The molecule has 1 atom stereocenters. The Bertz CT molecular complexity index is 684. The van der Waals surface area contributed by atoms with Gasteiger partial charge in [0.05, 0.1) is 6.61 Å². The van der Waals surface area contributed by atoms with E-state index < -0.39 is 44.6 Å². The number of ether oxygens (including phenoxy) is 1. The summed E-state index contributed by atoms with van der Waals surface area (Å²) >= 11 is 0. The molecule has 0 aromatic heterocycles. The standard InChI is InChI=1S/C13H15F9O4S/c1-9(7-25-2)5-3-8(4-6-9)26-27(23,24)13(21,22)11(16,17)10(14,15)12(18,19)20/h3H,4-7H2,1-2H3/t9-/m1/s1. The highest BCUT2D eigenvalue weighted by Gasteiger charge is 2.86. The van der Waals surface area contributed by atoms with E-state index in [1.165, 1.54) is 7.11 Å². The lowest BCUT2D eigenvalue weighted by molar-refractivity contribution is -0.382. The minimum Gasteiger partial charge on any atom is -0.384 e. The summed E-state index contributed by atoms with van der Waals surface area (Å²) in [6, 6.07) is 0. The van der Waals surface area contributed by atoms with E-state index in [1.807, 2.05) is 0 Å². The van der Waals surface area contributed by atoms with Crippen molar-refractivity contribution in [1.29, 1.82) is 0 Å². The molecule has 1 aliphatic rings. The predicted molar refractivity (Wildman–Crippen MR) is 72.8 cm³/mol. The van der Waals surface area contributed by atoms with Gasteiger partial charge in [-0.3, -0.25) is 0 Å². The summed E-state index contributed by atoms with van der Waals surface area (Å²) in [6.07, 6.45) is -6.44. The van der Waals surface area contributed by atoms with Gasteiger partial charge < -0.3 is 8.92 Å². The van der Waals surface area contributed by atoms with Crippen LogP contribution in [-0.2, 0) is 19.0 Å². The predicted octanol–water partition coefficient (Wildman–Crippen LogP) is 4.48. The minimum atomic E-state index is -7.32. The van der Waals surface area contributed by atoms with Crippen LogP contribution < -0.4 is 0 Å².